The van der Waals surface area contributed by atoms with E-state index in [0.29, 0.717) is 6.61 Å². The minimum atomic E-state index is -0.0857. The van der Waals surface area contributed by atoms with Gasteiger partial charge < -0.3 is 15.4 Å². The third-order valence-electron chi connectivity index (χ3n) is 2.82. The Hall–Kier alpha value is -2.33. The average molecular weight is 270 g/mol. The number of rotatable bonds is 6. The third-order valence-corrected chi connectivity index (χ3v) is 2.82. The highest BCUT2D eigenvalue weighted by molar-refractivity contribution is 5.94. The first kappa shape index (κ1) is 14.1. The second-order valence-corrected chi connectivity index (χ2v) is 4.36. The molecule has 0 fully saturated rings. The van der Waals surface area contributed by atoms with Crippen molar-refractivity contribution in [3.8, 4) is 0 Å². The van der Waals surface area contributed by atoms with Crippen molar-refractivity contribution >= 4 is 17.3 Å². The normalized spacial score (nSPS) is 10.1. The van der Waals surface area contributed by atoms with Crippen molar-refractivity contribution in [1.29, 1.82) is 0 Å². The lowest BCUT2D eigenvalue weighted by Gasteiger charge is -2.11. The van der Waals surface area contributed by atoms with E-state index in [2.05, 4.69) is 10.6 Å². The molecule has 0 aliphatic heterocycles. The van der Waals surface area contributed by atoms with E-state index in [-0.39, 0.29) is 12.5 Å². The lowest BCUT2D eigenvalue weighted by Crippen LogP contribution is -2.22. The standard InChI is InChI=1S/C16H18N2O2/c1-20-12-13-7-5-6-10-15(13)18-16(19)11-17-14-8-3-2-4-9-14/h2-10,17H,11-12H2,1H3,(H,18,19). The minimum Gasteiger partial charge on any atom is -0.380 e. The van der Waals surface area contributed by atoms with Crippen molar-refractivity contribution in [3.05, 3.63) is 60.2 Å². The van der Waals surface area contributed by atoms with Crippen LogP contribution in [0, 0.1) is 0 Å². The summed E-state index contributed by atoms with van der Waals surface area (Å²) in [4.78, 5) is 11.9. The quantitative estimate of drug-likeness (QED) is 0.848. The molecule has 2 rings (SSSR count). The number of ether oxygens (including phenoxy) is 1. The van der Waals surface area contributed by atoms with Gasteiger partial charge >= 0.3 is 0 Å². The van der Waals surface area contributed by atoms with E-state index in [0.717, 1.165) is 16.9 Å². The third kappa shape index (κ3) is 4.10. The zero-order valence-corrected chi connectivity index (χ0v) is 11.4. The Morgan fingerprint density at radius 2 is 1.75 bits per heavy atom. The molecular weight excluding hydrogens is 252 g/mol. The van der Waals surface area contributed by atoms with E-state index in [1.54, 1.807) is 7.11 Å². The first-order chi connectivity index (χ1) is 9.79. The van der Waals surface area contributed by atoms with Gasteiger partial charge in [-0.15, -0.1) is 0 Å². The maximum absolute atomic E-state index is 11.9. The number of hydrogen-bond donors (Lipinski definition) is 2. The fraction of sp³-hybridized carbons (Fsp3) is 0.188. The molecule has 0 bridgehead atoms. The zero-order valence-electron chi connectivity index (χ0n) is 11.4. The number of para-hydroxylation sites is 2. The van der Waals surface area contributed by atoms with Gasteiger partial charge in [0.05, 0.1) is 13.2 Å². The molecular formula is C16H18N2O2. The molecule has 0 heterocycles. The molecule has 0 saturated heterocycles. The van der Waals surface area contributed by atoms with E-state index < -0.39 is 0 Å². The van der Waals surface area contributed by atoms with E-state index in [9.17, 15) is 4.79 Å². The highest BCUT2D eigenvalue weighted by atomic mass is 16.5. The molecule has 0 saturated carbocycles. The summed E-state index contributed by atoms with van der Waals surface area (Å²) >= 11 is 0. The molecule has 0 atom stereocenters. The predicted octanol–water partition coefficient (Wildman–Crippen LogP) is 2.88. The number of nitrogens with one attached hydrogen (secondary N) is 2. The van der Waals surface area contributed by atoms with Crippen LogP contribution < -0.4 is 10.6 Å². The van der Waals surface area contributed by atoms with Gasteiger partial charge in [0.25, 0.3) is 0 Å². The largest absolute Gasteiger partial charge is 0.380 e. The van der Waals surface area contributed by atoms with Gasteiger partial charge in [-0.05, 0) is 18.2 Å². The van der Waals surface area contributed by atoms with Crippen LogP contribution >= 0.6 is 0 Å². The summed E-state index contributed by atoms with van der Waals surface area (Å²) in [6, 6.07) is 17.2. The van der Waals surface area contributed by atoms with Gasteiger partial charge in [-0.1, -0.05) is 36.4 Å². The average Bonchev–Trinajstić information content (AvgIpc) is 2.49. The number of carbonyl (C=O) groups is 1. The van der Waals surface area contributed by atoms with Crippen LogP contribution in [0.25, 0.3) is 0 Å². The van der Waals surface area contributed by atoms with Crippen LogP contribution in [-0.2, 0) is 16.1 Å². The predicted molar refractivity (Wildman–Crippen MR) is 80.7 cm³/mol. The van der Waals surface area contributed by atoms with Crippen molar-refractivity contribution in [2.45, 2.75) is 6.61 Å². The topological polar surface area (TPSA) is 50.4 Å². The van der Waals surface area contributed by atoms with Crippen molar-refractivity contribution in [2.75, 3.05) is 24.3 Å². The number of amides is 1. The molecule has 20 heavy (non-hydrogen) atoms. The van der Waals surface area contributed by atoms with E-state index in [1.807, 2.05) is 54.6 Å². The summed E-state index contributed by atoms with van der Waals surface area (Å²) in [5, 5.41) is 5.96. The van der Waals surface area contributed by atoms with E-state index in [1.165, 1.54) is 0 Å². The van der Waals surface area contributed by atoms with Gasteiger partial charge in [0, 0.05) is 24.0 Å². The Morgan fingerprint density at radius 1 is 1.05 bits per heavy atom. The molecule has 104 valence electrons. The molecule has 0 aliphatic carbocycles. The fourth-order valence-electron chi connectivity index (χ4n) is 1.86. The molecule has 0 unspecified atom stereocenters. The highest BCUT2D eigenvalue weighted by Gasteiger charge is 2.06. The number of benzene rings is 2. The smallest absolute Gasteiger partial charge is 0.243 e. The Kier molecular flexibility index (Phi) is 5.15. The monoisotopic (exact) mass is 270 g/mol. The maximum atomic E-state index is 11.9. The lowest BCUT2D eigenvalue weighted by atomic mass is 10.2. The van der Waals surface area contributed by atoms with Crippen LogP contribution in [-0.4, -0.2) is 19.6 Å². The van der Waals surface area contributed by atoms with Crippen molar-refractivity contribution in [3.63, 3.8) is 0 Å². The Labute approximate surface area is 118 Å². The van der Waals surface area contributed by atoms with Gasteiger partial charge in [0.15, 0.2) is 0 Å². The Bertz CT molecular complexity index is 555. The molecule has 2 aromatic carbocycles. The summed E-state index contributed by atoms with van der Waals surface area (Å²) in [5.74, 6) is -0.0857. The second-order valence-electron chi connectivity index (χ2n) is 4.36. The number of anilines is 2. The summed E-state index contributed by atoms with van der Waals surface area (Å²) in [7, 11) is 1.63. The van der Waals surface area contributed by atoms with E-state index in [4.69, 9.17) is 4.74 Å². The van der Waals surface area contributed by atoms with Crippen LogP contribution in [0.5, 0.6) is 0 Å². The molecule has 0 aliphatic rings. The summed E-state index contributed by atoms with van der Waals surface area (Å²) in [5.41, 5.74) is 2.67. The van der Waals surface area contributed by atoms with Gasteiger partial charge in [0.1, 0.15) is 0 Å². The first-order valence-corrected chi connectivity index (χ1v) is 6.45. The van der Waals surface area contributed by atoms with Crippen LogP contribution in [0.1, 0.15) is 5.56 Å². The number of hydrogen-bond acceptors (Lipinski definition) is 3. The van der Waals surface area contributed by atoms with Gasteiger partial charge in [-0.2, -0.15) is 0 Å². The number of methoxy groups -OCH3 is 1. The molecule has 4 heteroatoms. The second kappa shape index (κ2) is 7.31. The molecule has 0 aromatic heterocycles. The van der Waals surface area contributed by atoms with Crippen LogP contribution in [0.15, 0.2) is 54.6 Å². The summed E-state index contributed by atoms with van der Waals surface area (Å²) < 4.78 is 5.11. The molecule has 1 amide bonds. The Morgan fingerprint density at radius 3 is 2.50 bits per heavy atom. The van der Waals surface area contributed by atoms with Crippen molar-refractivity contribution < 1.29 is 9.53 Å². The highest BCUT2D eigenvalue weighted by Crippen LogP contribution is 2.15. The van der Waals surface area contributed by atoms with E-state index >= 15 is 0 Å². The molecule has 4 nitrogen and oxygen atoms in total. The van der Waals surface area contributed by atoms with Crippen LogP contribution in [0.4, 0.5) is 11.4 Å². The minimum absolute atomic E-state index is 0.0857. The molecule has 2 aromatic rings. The first-order valence-electron chi connectivity index (χ1n) is 6.45. The van der Waals surface area contributed by atoms with Gasteiger partial charge in [-0.3, -0.25) is 4.79 Å². The van der Waals surface area contributed by atoms with Gasteiger partial charge in [0.2, 0.25) is 5.91 Å². The molecule has 0 spiro atoms. The van der Waals surface area contributed by atoms with Crippen molar-refractivity contribution in [1.82, 2.24) is 0 Å². The lowest BCUT2D eigenvalue weighted by molar-refractivity contribution is -0.114. The molecule has 0 radical (unpaired) electrons. The maximum Gasteiger partial charge on any atom is 0.243 e. The molecule has 2 N–H and O–H groups in total. The van der Waals surface area contributed by atoms with Crippen LogP contribution in [0.3, 0.4) is 0 Å². The fourth-order valence-corrected chi connectivity index (χ4v) is 1.86. The number of carbonyl (C=O) groups excluding carboxylic acids is 1. The van der Waals surface area contributed by atoms with Crippen LogP contribution in [0.2, 0.25) is 0 Å². The van der Waals surface area contributed by atoms with Gasteiger partial charge in [-0.25, -0.2) is 0 Å². The zero-order chi connectivity index (χ0) is 14.2. The van der Waals surface area contributed by atoms with Crippen molar-refractivity contribution in [2.24, 2.45) is 0 Å². The summed E-state index contributed by atoms with van der Waals surface area (Å²) in [6.07, 6.45) is 0. The summed E-state index contributed by atoms with van der Waals surface area (Å²) in [6.45, 7) is 0.702. The SMILES string of the molecule is COCc1ccccc1NC(=O)CNc1ccccc1. The Balaban J connectivity index is 1.91.